The van der Waals surface area contributed by atoms with Gasteiger partial charge in [0.05, 0.1) is 11.1 Å². The molecule has 0 fully saturated rings. The van der Waals surface area contributed by atoms with Crippen molar-refractivity contribution < 1.29 is 26.3 Å². The Morgan fingerprint density at radius 2 is 1.53 bits per heavy atom. The predicted octanol–water partition coefficient (Wildman–Crippen LogP) is 3.85. The number of nitrogens with zero attached hydrogens (tertiary/aromatic N) is 1. The second-order valence-corrected chi connectivity index (χ2v) is 3.81. The zero-order valence-electron chi connectivity index (χ0n) is 9.10. The first-order chi connectivity index (χ1) is 8.60. The van der Waals surface area contributed by atoms with Crippen molar-refractivity contribution in [1.82, 2.24) is 4.98 Å². The van der Waals surface area contributed by atoms with Crippen molar-refractivity contribution >= 4 is 16.6 Å². The lowest BCUT2D eigenvalue weighted by atomic mass is 10.0. The van der Waals surface area contributed by atoms with Gasteiger partial charge in [-0.1, -0.05) is 6.07 Å². The highest BCUT2D eigenvalue weighted by Crippen LogP contribution is 2.38. The number of aromatic nitrogens is 1. The number of halogens is 6. The zero-order valence-corrected chi connectivity index (χ0v) is 9.10. The summed E-state index contributed by atoms with van der Waals surface area (Å²) in [5, 5.41) is -0.780. The van der Waals surface area contributed by atoms with Crippen LogP contribution in [0.1, 0.15) is 11.1 Å². The summed E-state index contributed by atoms with van der Waals surface area (Å²) in [6.45, 7) is 0. The summed E-state index contributed by atoms with van der Waals surface area (Å²) < 4.78 is 75.7. The Balaban J connectivity index is 2.82. The topological polar surface area (TPSA) is 38.9 Å². The molecule has 2 aromatic rings. The van der Waals surface area contributed by atoms with Gasteiger partial charge in [-0.3, -0.25) is 0 Å². The van der Waals surface area contributed by atoms with Crippen molar-refractivity contribution in [1.29, 1.82) is 0 Å². The highest BCUT2D eigenvalue weighted by molar-refractivity contribution is 5.94. The molecule has 1 heterocycles. The third-order valence-corrected chi connectivity index (χ3v) is 2.55. The Bertz CT molecular complexity index is 629. The van der Waals surface area contributed by atoms with Crippen molar-refractivity contribution in [2.75, 3.05) is 5.73 Å². The Kier molecular flexibility index (Phi) is 2.83. The molecule has 0 aliphatic carbocycles. The number of fused-ring (bicyclic) bond motifs is 1. The molecule has 1 aromatic carbocycles. The van der Waals surface area contributed by atoms with Crippen LogP contribution in [0.3, 0.4) is 0 Å². The maximum Gasteiger partial charge on any atom is 0.418 e. The normalized spacial score (nSPS) is 12.9. The first-order valence-corrected chi connectivity index (χ1v) is 4.93. The number of anilines is 1. The highest BCUT2D eigenvalue weighted by Gasteiger charge is 2.35. The molecule has 0 radical (unpaired) electrons. The monoisotopic (exact) mass is 280 g/mol. The molecule has 1 aromatic heterocycles. The fourth-order valence-electron chi connectivity index (χ4n) is 1.67. The largest absolute Gasteiger partial charge is 0.418 e. The van der Waals surface area contributed by atoms with E-state index in [-0.39, 0.29) is 11.2 Å². The summed E-state index contributed by atoms with van der Waals surface area (Å²) in [5.41, 5.74) is 2.95. The van der Waals surface area contributed by atoms with Gasteiger partial charge in [-0.2, -0.15) is 26.3 Å². The molecule has 0 unspecified atom stereocenters. The predicted molar refractivity (Wildman–Crippen MR) is 56.2 cm³/mol. The lowest BCUT2D eigenvalue weighted by Crippen LogP contribution is -2.10. The minimum Gasteiger partial charge on any atom is -0.383 e. The molecule has 2 N–H and O–H groups in total. The lowest BCUT2D eigenvalue weighted by molar-refractivity contribution is -0.139. The van der Waals surface area contributed by atoms with Crippen molar-refractivity contribution in [3.8, 4) is 0 Å². The van der Waals surface area contributed by atoms with Crippen LogP contribution >= 0.6 is 0 Å². The van der Waals surface area contributed by atoms with E-state index in [1.807, 2.05) is 0 Å². The zero-order chi connectivity index (χ0) is 14.4. The van der Waals surface area contributed by atoms with Crippen LogP contribution in [0.15, 0.2) is 24.4 Å². The Morgan fingerprint density at radius 3 is 2.05 bits per heavy atom. The van der Waals surface area contributed by atoms with Gasteiger partial charge in [0.25, 0.3) is 0 Å². The fraction of sp³-hybridized carbons (Fsp3) is 0.182. The summed E-state index contributed by atoms with van der Waals surface area (Å²) in [4.78, 5) is 3.34. The second kappa shape index (κ2) is 4.01. The van der Waals surface area contributed by atoms with Crippen LogP contribution in [0, 0.1) is 0 Å². The Morgan fingerprint density at radius 1 is 0.895 bits per heavy atom. The van der Waals surface area contributed by atoms with Crippen LogP contribution in [0.5, 0.6) is 0 Å². The van der Waals surface area contributed by atoms with Gasteiger partial charge in [-0.25, -0.2) is 4.98 Å². The van der Waals surface area contributed by atoms with E-state index in [1.54, 1.807) is 0 Å². The van der Waals surface area contributed by atoms with Crippen molar-refractivity contribution in [3.05, 3.63) is 35.5 Å². The summed E-state index contributed by atoms with van der Waals surface area (Å²) >= 11 is 0. The van der Waals surface area contributed by atoms with E-state index >= 15 is 0 Å². The lowest BCUT2D eigenvalue weighted by Gasteiger charge is -2.13. The minimum atomic E-state index is -4.80. The van der Waals surface area contributed by atoms with Crippen molar-refractivity contribution in [3.63, 3.8) is 0 Å². The number of nitrogen functional groups attached to an aromatic ring is 1. The van der Waals surface area contributed by atoms with E-state index in [9.17, 15) is 26.3 Å². The second-order valence-electron chi connectivity index (χ2n) is 3.81. The molecular formula is C11H6F6N2. The third-order valence-electron chi connectivity index (χ3n) is 2.55. The Labute approximate surface area is 102 Å². The molecule has 0 spiro atoms. The van der Waals surface area contributed by atoms with E-state index in [2.05, 4.69) is 4.98 Å². The van der Waals surface area contributed by atoms with Crippen LogP contribution in [0.2, 0.25) is 0 Å². The molecular weight excluding hydrogens is 274 g/mol. The molecule has 19 heavy (non-hydrogen) atoms. The van der Waals surface area contributed by atoms with E-state index in [1.165, 1.54) is 0 Å². The Hall–Kier alpha value is -1.99. The van der Waals surface area contributed by atoms with Crippen LogP contribution in [-0.4, -0.2) is 4.98 Å². The molecule has 0 atom stereocenters. The van der Waals surface area contributed by atoms with Crippen molar-refractivity contribution in [2.45, 2.75) is 12.4 Å². The first-order valence-electron chi connectivity index (χ1n) is 4.93. The number of hydrogen-bond donors (Lipinski definition) is 1. The minimum absolute atomic E-state index is 0.164. The van der Waals surface area contributed by atoms with E-state index < -0.39 is 28.9 Å². The molecule has 0 amide bonds. The molecule has 2 rings (SSSR count). The maximum atomic E-state index is 12.7. The molecule has 8 heteroatoms. The van der Waals surface area contributed by atoms with Gasteiger partial charge in [0.2, 0.25) is 0 Å². The maximum absolute atomic E-state index is 12.7. The molecule has 0 bridgehead atoms. The van der Waals surface area contributed by atoms with Gasteiger partial charge >= 0.3 is 12.4 Å². The van der Waals surface area contributed by atoms with E-state index in [4.69, 9.17) is 5.73 Å². The molecule has 102 valence electrons. The SMILES string of the molecule is Nc1ncc(C(F)(F)F)c2cc(C(F)(F)F)ccc12. The fourth-order valence-corrected chi connectivity index (χ4v) is 1.67. The summed E-state index contributed by atoms with van der Waals surface area (Å²) in [7, 11) is 0. The number of rotatable bonds is 0. The van der Waals surface area contributed by atoms with Gasteiger partial charge in [-0.15, -0.1) is 0 Å². The summed E-state index contributed by atoms with van der Waals surface area (Å²) in [6, 6.07) is 1.98. The number of benzene rings is 1. The van der Waals surface area contributed by atoms with Crippen molar-refractivity contribution in [2.24, 2.45) is 0 Å². The molecule has 0 aliphatic heterocycles. The summed E-state index contributed by atoms with van der Waals surface area (Å²) in [6.07, 6.45) is -9.10. The van der Waals surface area contributed by atoms with E-state index in [0.29, 0.717) is 18.3 Å². The van der Waals surface area contributed by atoms with Crippen LogP contribution in [-0.2, 0) is 12.4 Å². The number of pyridine rings is 1. The molecule has 0 saturated carbocycles. The smallest absolute Gasteiger partial charge is 0.383 e. The van der Waals surface area contributed by atoms with Gasteiger partial charge in [0.15, 0.2) is 0 Å². The van der Waals surface area contributed by atoms with Gasteiger partial charge in [0.1, 0.15) is 5.82 Å². The van der Waals surface area contributed by atoms with E-state index in [0.717, 1.165) is 6.07 Å². The third kappa shape index (κ3) is 2.42. The van der Waals surface area contributed by atoms with Gasteiger partial charge in [-0.05, 0) is 17.5 Å². The standard InChI is InChI=1S/C11H6F6N2/c12-10(13,14)5-1-2-6-7(3-5)8(11(15,16)17)4-19-9(6)18/h1-4H,(H2,18,19). The van der Waals surface area contributed by atoms with Crippen LogP contribution < -0.4 is 5.73 Å². The molecule has 0 aliphatic rings. The van der Waals surface area contributed by atoms with Gasteiger partial charge in [0, 0.05) is 11.6 Å². The first kappa shape index (κ1) is 13.4. The van der Waals surface area contributed by atoms with Crippen LogP contribution in [0.4, 0.5) is 32.2 Å². The average molecular weight is 280 g/mol. The highest BCUT2D eigenvalue weighted by atomic mass is 19.4. The molecule has 0 saturated heterocycles. The number of hydrogen-bond acceptors (Lipinski definition) is 2. The van der Waals surface area contributed by atoms with Crippen LogP contribution in [0.25, 0.3) is 10.8 Å². The van der Waals surface area contributed by atoms with Gasteiger partial charge < -0.3 is 5.73 Å². The molecule has 2 nitrogen and oxygen atoms in total. The summed E-state index contributed by atoms with van der Waals surface area (Å²) in [5.74, 6) is -0.253. The number of nitrogens with two attached hydrogens (primary N) is 1. The number of alkyl halides is 6. The average Bonchev–Trinajstić information content (AvgIpc) is 2.26. The quantitative estimate of drug-likeness (QED) is 0.744.